The molecule has 0 aliphatic heterocycles. The van der Waals surface area contributed by atoms with Gasteiger partial charge in [0.15, 0.2) is 0 Å². The van der Waals surface area contributed by atoms with E-state index in [2.05, 4.69) is 55.6 Å². The van der Waals surface area contributed by atoms with E-state index in [-0.39, 0.29) is 18.5 Å². The molecule has 2 unspecified atom stereocenters. The summed E-state index contributed by atoms with van der Waals surface area (Å²) in [6.07, 6.45) is 83.6. The highest BCUT2D eigenvalue weighted by molar-refractivity contribution is 5.76. The Morgan fingerprint density at radius 3 is 1.03 bits per heavy atom. The lowest BCUT2D eigenvalue weighted by atomic mass is 10.0. The number of aliphatic hydroxyl groups is 2. The lowest BCUT2D eigenvalue weighted by Gasteiger charge is -2.22. The molecule has 2 atom stereocenters. The Bertz CT molecular complexity index is 1230. The van der Waals surface area contributed by atoms with Crippen LogP contribution >= 0.6 is 0 Å². The number of hydrogen-bond acceptors (Lipinski definition) is 5. The predicted molar refractivity (Wildman–Crippen MR) is 333 cm³/mol. The van der Waals surface area contributed by atoms with Crippen LogP contribution in [-0.4, -0.2) is 47.4 Å². The quantitative estimate of drug-likeness (QED) is 0.0320. The molecule has 6 nitrogen and oxygen atoms in total. The smallest absolute Gasteiger partial charge is 0.305 e. The number of carbonyl (C=O) groups is 2. The first kappa shape index (κ1) is 74.1. The Labute approximate surface area is 474 Å². The highest BCUT2D eigenvalue weighted by atomic mass is 16.5. The molecule has 6 heteroatoms. The van der Waals surface area contributed by atoms with E-state index in [1.54, 1.807) is 0 Å². The van der Waals surface area contributed by atoms with Crippen molar-refractivity contribution in [2.75, 3.05) is 13.2 Å². The van der Waals surface area contributed by atoms with Gasteiger partial charge in [0.25, 0.3) is 0 Å². The van der Waals surface area contributed by atoms with Crippen LogP contribution in [0.3, 0.4) is 0 Å². The highest BCUT2D eigenvalue weighted by Crippen LogP contribution is 2.18. The van der Waals surface area contributed by atoms with Gasteiger partial charge in [0, 0.05) is 12.8 Å². The lowest BCUT2D eigenvalue weighted by Crippen LogP contribution is -2.45. The number of aliphatic hydroxyl groups excluding tert-OH is 2. The van der Waals surface area contributed by atoms with Gasteiger partial charge in [-0.1, -0.05) is 314 Å². The topological polar surface area (TPSA) is 95.9 Å². The van der Waals surface area contributed by atoms with Crippen LogP contribution in [0.1, 0.15) is 373 Å². The second-order valence-electron chi connectivity index (χ2n) is 23.5. The fraction of sp³-hybridized carbons (Fsp3) is 0.886. The van der Waals surface area contributed by atoms with E-state index >= 15 is 0 Å². The maximum Gasteiger partial charge on any atom is 0.305 e. The van der Waals surface area contributed by atoms with E-state index in [1.165, 1.54) is 289 Å². The minimum atomic E-state index is -0.660. The van der Waals surface area contributed by atoms with E-state index in [1.807, 2.05) is 0 Å². The van der Waals surface area contributed by atoms with E-state index in [4.69, 9.17) is 4.74 Å². The molecule has 0 rings (SSSR count). The monoisotopic (exact) mass is 1070 g/mol. The van der Waals surface area contributed by atoms with Gasteiger partial charge in [-0.05, 0) is 83.5 Å². The normalized spacial score (nSPS) is 12.7. The van der Waals surface area contributed by atoms with E-state index in [9.17, 15) is 19.8 Å². The van der Waals surface area contributed by atoms with E-state index in [0.29, 0.717) is 25.9 Å². The fourth-order valence-electron chi connectivity index (χ4n) is 10.7. The van der Waals surface area contributed by atoms with E-state index < -0.39 is 12.1 Å². The molecule has 0 saturated carbocycles. The Hall–Kier alpha value is -1.92. The van der Waals surface area contributed by atoms with Gasteiger partial charge in [0.2, 0.25) is 5.91 Å². The zero-order valence-corrected chi connectivity index (χ0v) is 51.3. The first-order valence-corrected chi connectivity index (χ1v) is 34.2. The van der Waals surface area contributed by atoms with Crippen LogP contribution in [0, 0.1) is 0 Å². The van der Waals surface area contributed by atoms with Gasteiger partial charge in [-0.3, -0.25) is 9.59 Å². The maximum atomic E-state index is 12.4. The Morgan fingerprint density at radius 2 is 0.658 bits per heavy atom. The number of rotatable bonds is 64. The molecule has 0 fully saturated rings. The molecule has 0 aliphatic carbocycles. The molecule has 0 bridgehead atoms. The minimum absolute atomic E-state index is 0.00952. The van der Waals surface area contributed by atoms with Crippen LogP contribution in [0.25, 0.3) is 0 Å². The second kappa shape index (κ2) is 65.6. The van der Waals surface area contributed by atoms with Gasteiger partial charge in [-0.15, -0.1) is 0 Å². The van der Waals surface area contributed by atoms with Crippen LogP contribution < -0.4 is 5.32 Å². The van der Waals surface area contributed by atoms with Gasteiger partial charge in [-0.25, -0.2) is 0 Å². The zero-order valence-electron chi connectivity index (χ0n) is 51.3. The van der Waals surface area contributed by atoms with Crippen molar-refractivity contribution in [1.29, 1.82) is 0 Å². The molecular weight excluding hydrogens is 935 g/mol. The average Bonchev–Trinajstić information content (AvgIpc) is 3.42. The summed E-state index contributed by atoms with van der Waals surface area (Å²) in [6.45, 7) is 4.93. The number of carbonyl (C=O) groups excluding carboxylic acids is 2. The van der Waals surface area contributed by atoms with Gasteiger partial charge in [0.1, 0.15) is 0 Å². The summed E-state index contributed by atoms with van der Waals surface area (Å²) in [5.74, 6) is -0.0239. The van der Waals surface area contributed by atoms with Crippen molar-refractivity contribution in [3.63, 3.8) is 0 Å². The Morgan fingerprint density at radius 1 is 0.368 bits per heavy atom. The van der Waals surface area contributed by atoms with Crippen LogP contribution in [-0.2, 0) is 14.3 Å². The third kappa shape index (κ3) is 61.3. The molecule has 1 amide bonds. The first-order valence-electron chi connectivity index (χ1n) is 34.2. The molecular formula is C70H133NO5. The van der Waals surface area contributed by atoms with Crippen molar-refractivity contribution in [1.82, 2.24) is 5.32 Å². The molecule has 0 aliphatic rings. The molecule has 0 aromatic carbocycles. The van der Waals surface area contributed by atoms with Gasteiger partial charge in [0.05, 0.1) is 25.4 Å². The van der Waals surface area contributed by atoms with Crippen molar-refractivity contribution in [3.05, 3.63) is 36.5 Å². The van der Waals surface area contributed by atoms with Gasteiger partial charge < -0.3 is 20.3 Å². The third-order valence-electron chi connectivity index (χ3n) is 15.9. The van der Waals surface area contributed by atoms with Gasteiger partial charge >= 0.3 is 5.97 Å². The molecule has 0 aromatic heterocycles. The van der Waals surface area contributed by atoms with Crippen LogP contribution in [0.5, 0.6) is 0 Å². The van der Waals surface area contributed by atoms with E-state index in [0.717, 1.165) is 51.4 Å². The predicted octanol–water partition coefficient (Wildman–Crippen LogP) is 21.9. The summed E-state index contributed by atoms with van der Waals surface area (Å²) in [5, 5.41) is 23.1. The standard InChI is InChI=1S/C70H133NO5/c1-3-5-7-9-11-13-14-40-44-48-52-56-60-64-70(75)76-65-61-57-53-49-45-42-39-37-35-33-31-29-27-25-23-21-19-17-15-16-18-20-22-24-26-28-30-32-34-36-38-41-43-47-51-55-59-63-69(74)71-67(66-72)68(73)62-58-54-50-46-12-10-8-6-4-2/h13-15,17,21,23,67-68,72-73H,3-12,16,18-20,22,24-66H2,1-2H3,(H,71,74)/b14-13-,17-15-,23-21-. The summed E-state index contributed by atoms with van der Waals surface area (Å²) in [5.41, 5.74) is 0. The summed E-state index contributed by atoms with van der Waals surface area (Å²) in [6, 6.07) is -0.537. The first-order chi connectivity index (χ1) is 37.5. The summed E-state index contributed by atoms with van der Waals surface area (Å²) >= 11 is 0. The molecule has 0 heterocycles. The van der Waals surface area contributed by atoms with Crippen molar-refractivity contribution >= 4 is 11.9 Å². The van der Waals surface area contributed by atoms with Gasteiger partial charge in [-0.2, -0.15) is 0 Å². The van der Waals surface area contributed by atoms with Crippen LogP contribution in [0.4, 0.5) is 0 Å². The summed E-state index contributed by atoms with van der Waals surface area (Å²) < 4.78 is 5.48. The number of allylic oxidation sites excluding steroid dienone is 6. The average molecular weight is 1070 g/mol. The number of amides is 1. The number of nitrogens with one attached hydrogen (secondary N) is 1. The van der Waals surface area contributed by atoms with Crippen molar-refractivity contribution in [2.24, 2.45) is 0 Å². The van der Waals surface area contributed by atoms with Crippen LogP contribution in [0.2, 0.25) is 0 Å². The summed E-state index contributed by atoms with van der Waals surface area (Å²) in [7, 11) is 0. The van der Waals surface area contributed by atoms with Crippen molar-refractivity contribution in [2.45, 2.75) is 386 Å². The number of ether oxygens (including phenoxy) is 1. The molecule has 0 aromatic rings. The molecule has 3 N–H and O–H groups in total. The lowest BCUT2D eigenvalue weighted by molar-refractivity contribution is -0.143. The number of hydrogen-bond donors (Lipinski definition) is 3. The molecule has 0 saturated heterocycles. The Balaban J connectivity index is 3.33. The fourth-order valence-corrected chi connectivity index (χ4v) is 10.7. The second-order valence-corrected chi connectivity index (χ2v) is 23.5. The Kier molecular flexibility index (Phi) is 63.9. The van der Waals surface area contributed by atoms with Crippen molar-refractivity contribution in [3.8, 4) is 0 Å². The highest BCUT2D eigenvalue weighted by Gasteiger charge is 2.20. The molecule has 448 valence electrons. The van der Waals surface area contributed by atoms with Crippen LogP contribution in [0.15, 0.2) is 36.5 Å². The maximum absolute atomic E-state index is 12.4. The zero-order chi connectivity index (χ0) is 55.0. The largest absolute Gasteiger partial charge is 0.466 e. The molecule has 0 radical (unpaired) electrons. The SMILES string of the molecule is CCCCCC/C=C\CCCCCCCC(=O)OCCCCCCCCCCCCCCC/C=C\C/C=C\CCCCCCCCCCCCCCCCCCCC(=O)NC(CO)C(O)CCCCCCCCCCC. The van der Waals surface area contributed by atoms with Crippen molar-refractivity contribution < 1.29 is 24.5 Å². The molecule has 0 spiro atoms. The molecule has 76 heavy (non-hydrogen) atoms. The minimum Gasteiger partial charge on any atom is -0.466 e. The number of esters is 1. The number of unbranched alkanes of at least 4 members (excludes halogenated alkanes) is 47. The summed E-state index contributed by atoms with van der Waals surface area (Å²) in [4.78, 5) is 24.5. The third-order valence-corrected chi connectivity index (χ3v) is 15.9.